The second kappa shape index (κ2) is 11.0. The molecule has 0 radical (unpaired) electrons. The Morgan fingerprint density at radius 3 is 1.12 bits per heavy atom. The minimum absolute atomic E-state index is 0.198. The summed E-state index contributed by atoms with van der Waals surface area (Å²) in [7, 11) is 0. The zero-order valence-electron chi connectivity index (χ0n) is 27.6. The lowest BCUT2D eigenvalue weighted by Crippen LogP contribution is -2.14. The summed E-state index contributed by atoms with van der Waals surface area (Å²) in [4.78, 5) is 0. The number of halogens is 6. The zero-order chi connectivity index (χ0) is 35.3. The van der Waals surface area contributed by atoms with Crippen molar-refractivity contribution in [2.75, 3.05) is 0 Å². The Kier molecular flexibility index (Phi) is 6.99. The Balaban J connectivity index is 1.65. The van der Waals surface area contributed by atoms with Gasteiger partial charge in [-0.3, -0.25) is 0 Å². The number of hydrogen-bond donors (Lipinski definition) is 0. The van der Waals surface area contributed by atoms with Crippen molar-refractivity contribution in [3.05, 3.63) is 143 Å². The summed E-state index contributed by atoms with van der Waals surface area (Å²) < 4.78 is 93.2. The fourth-order valence-electron chi connectivity index (χ4n) is 7.79. The molecule has 0 unspecified atom stereocenters. The first kappa shape index (κ1) is 31.7. The second-order valence-electron chi connectivity index (χ2n) is 13.0. The maximum Gasteiger partial charge on any atom is 0.417 e. The van der Waals surface area contributed by atoms with Crippen molar-refractivity contribution in [3.63, 3.8) is 0 Å². The van der Waals surface area contributed by atoms with E-state index in [1.54, 1.807) is 0 Å². The van der Waals surface area contributed by atoms with Crippen LogP contribution in [0.3, 0.4) is 0 Å². The third-order valence-corrected chi connectivity index (χ3v) is 9.89. The molecule has 250 valence electrons. The third-order valence-electron chi connectivity index (χ3n) is 9.89. The van der Waals surface area contributed by atoms with Gasteiger partial charge >= 0.3 is 12.4 Å². The van der Waals surface area contributed by atoms with E-state index in [9.17, 15) is 13.2 Å². The van der Waals surface area contributed by atoms with Crippen molar-refractivity contribution in [1.29, 1.82) is 0 Å². The van der Waals surface area contributed by atoms with Gasteiger partial charge in [0.25, 0.3) is 0 Å². The molecule has 0 aliphatic rings. The number of hydrogen-bond acceptors (Lipinski definition) is 0. The number of fused-ring (bicyclic) bond motifs is 6. The molecule has 8 aromatic rings. The van der Waals surface area contributed by atoms with Gasteiger partial charge in [0.1, 0.15) is 0 Å². The van der Waals surface area contributed by atoms with Crippen molar-refractivity contribution in [1.82, 2.24) is 9.13 Å². The molecule has 0 spiro atoms. The summed E-state index contributed by atoms with van der Waals surface area (Å²) in [5.41, 5.74) is 3.85. The van der Waals surface area contributed by atoms with Crippen LogP contribution in [0.15, 0.2) is 109 Å². The van der Waals surface area contributed by atoms with Crippen molar-refractivity contribution in [2.45, 2.75) is 40.0 Å². The highest BCUT2D eigenvalue weighted by atomic mass is 19.4. The van der Waals surface area contributed by atoms with E-state index in [0.717, 1.165) is 73.0 Å². The Labute approximate surface area is 283 Å². The minimum atomic E-state index is -4.99. The van der Waals surface area contributed by atoms with Gasteiger partial charge in [0.15, 0.2) is 0 Å². The molecule has 0 saturated heterocycles. The Hall–Kier alpha value is -5.50. The van der Waals surface area contributed by atoms with Gasteiger partial charge in [0, 0.05) is 21.5 Å². The predicted octanol–water partition coefficient (Wildman–Crippen LogP) is 12.8. The molecule has 0 bridgehead atoms. The molecule has 0 saturated carbocycles. The summed E-state index contributed by atoms with van der Waals surface area (Å²) >= 11 is 0. The van der Waals surface area contributed by atoms with Crippen LogP contribution in [0.25, 0.3) is 66.1 Å². The molecule has 2 heterocycles. The summed E-state index contributed by atoms with van der Waals surface area (Å²) in [6.07, 6.45) is -9.87. The highest BCUT2D eigenvalue weighted by molar-refractivity contribution is 6.14. The van der Waals surface area contributed by atoms with Crippen LogP contribution in [-0.2, 0) is 12.4 Å². The fourth-order valence-corrected chi connectivity index (χ4v) is 7.79. The molecule has 0 fully saturated rings. The van der Waals surface area contributed by atoms with Crippen LogP contribution in [-0.4, -0.2) is 9.13 Å². The Morgan fingerprint density at radius 1 is 0.380 bits per heavy atom. The average molecular weight is 677 g/mol. The van der Waals surface area contributed by atoms with Crippen LogP contribution in [0.1, 0.15) is 33.4 Å². The smallest absolute Gasteiger partial charge is 0.307 e. The van der Waals surface area contributed by atoms with E-state index in [1.165, 1.54) is 18.2 Å². The topological polar surface area (TPSA) is 9.86 Å². The van der Waals surface area contributed by atoms with E-state index in [0.29, 0.717) is 16.7 Å². The summed E-state index contributed by atoms with van der Waals surface area (Å²) in [5, 5.41) is 3.66. The molecule has 8 rings (SSSR count). The van der Waals surface area contributed by atoms with Crippen molar-refractivity contribution >= 4 is 43.6 Å². The Bertz CT molecular complexity index is 2550. The van der Waals surface area contributed by atoms with Gasteiger partial charge in [-0.05, 0) is 104 Å². The number of alkyl halides is 6. The molecule has 0 atom stereocenters. The van der Waals surface area contributed by atoms with Crippen LogP contribution >= 0.6 is 0 Å². The molecule has 0 N–H and O–H groups in total. The van der Waals surface area contributed by atoms with E-state index in [-0.39, 0.29) is 5.69 Å². The van der Waals surface area contributed by atoms with E-state index < -0.39 is 34.6 Å². The summed E-state index contributed by atoms with van der Waals surface area (Å²) in [5.74, 6) is 0. The van der Waals surface area contributed by atoms with Crippen molar-refractivity contribution < 1.29 is 26.3 Å². The maximum absolute atomic E-state index is 15.3. The highest BCUT2D eigenvalue weighted by Gasteiger charge is 2.40. The average Bonchev–Trinajstić information content (AvgIpc) is 3.59. The lowest BCUT2D eigenvalue weighted by molar-refractivity contribution is -0.139. The quantitative estimate of drug-likeness (QED) is 0.165. The molecule has 0 aliphatic heterocycles. The largest absolute Gasteiger partial charge is 0.417 e. The van der Waals surface area contributed by atoms with Gasteiger partial charge in [-0.2, -0.15) is 26.3 Å². The van der Waals surface area contributed by atoms with E-state index in [1.807, 2.05) is 110 Å². The van der Waals surface area contributed by atoms with E-state index in [2.05, 4.69) is 0 Å². The number of benzene rings is 6. The first-order chi connectivity index (χ1) is 23.8. The van der Waals surface area contributed by atoms with E-state index in [4.69, 9.17) is 0 Å². The van der Waals surface area contributed by atoms with Crippen molar-refractivity contribution in [3.8, 4) is 22.5 Å². The van der Waals surface area contributed by atoms with Gasteiger partial charge in [-0.15, -0.1) is 0 Å². The van der Waals surface area contributed by atoms with Crippen LogP contribution in [0.2, 0.25) is 0 Å². The molecule has 0 aliphatic carbocycles. The minimum Gasteiger partial charge on any atom is -0.307 e. The third kappa shape index (κ3) is 4.65. The fraction of sp³-hybridized carbons (Fsp3) is 0.143. The Morgan fingerprint density at radius 2 is 0.740 bits per heavy atom. The lowest BCUT2D eigenvalue weighted by Gasteiger charge is -2.23. The SMILES string of the molecule is Cc1cccc2c1c1c(C)cccc1n2-c1cc(-c2ccccc2C(F)(F)F)c(C(F)(F)F)cc1-n1c2cccc(C)c2c2c(C)cccc21. The van der Waals surface area contributed by atoms with Gasteiger partial charge in [-0.25, -0.2) is 0 Å². The molecule has 50 heavy (non-hydrogen) atoms. The highest BCUT2D eigenvalue weighted by Crippen LogP contribution is 2.48. The molecule has 8 heteroatoms. The zero-order valence-corrected chi connectivity index (χ0v) is 27.6. The van der Waals surface area contributed by atoms with Crippen LogP contribution < -0.4 is 0 Å². The monoisotopic (exact) mass is 676 g/mol. The van der Waals surface area contributed by atoms with Crippen LogP contribution in [0.4, 0.5) is 26.3 Å². The molecular weight excluding hydrogens is 646 g/mol. The maximum atomic E-state index is 15.3. The van der Waals surface area contributed by atoms with Gasteiger partial charge in [0.05, 0.1) is 44.6 Å². The van der Waals surface area contributed by atoms with Crippen LogP contribution in [0, 0.1) is 27.7 Å². The van der Waals surface area contributed by atoms with Crippen molar-refractivity contribution in [2.24, 2.45) is 0 Å². The molecule has 0 amide bonds. The standard InChI is InChI=1S/C42H30F6N2/c1-23-11-7-17-31-37(23)38-24(2)12-8-18-32(38)49(31)35-21-28(27-15-5-6-16-29(27)41(43,44)45)30(42(46,47)48)22-36(35)50-33-19-9-13-25(3)39(33)40-26(4)14-10-20-34(40)50/h5-22H,1-4H3. The predicted molar refractivity (Wildman–Crippen MR) is 190 cm³/mol. The molecule has 2 nitrogen and oxygen atoms in total. The van der Waals surface area contributed by atoms with E-state index >= 15 is 13.2 Å². The molecular formula is C42H30F6N2. The normalized spacial score (nSPS) is 12.6. The van der Waals surface area contributed by atoms with Gasteiger partial charge < -0.3 is 9.13 Å². The number of aromatic nitrogens is 2. The second-order valence-corrected chi connectivity index (χ2v) is 13.0. The summed E-state index contributed by atoms with van der Waals surface area (Å²) in [6.45, 7) is 7.90. The van der Waals surface area contributed by atoms with Gasteiger partial charge in [-0.1, -0.05) is 66.7 Å². The molecule has 2 aromatic heterocycles. The van der Waals surface area contributed by atoms with Crippen LogP contribution in [0.5, 0.6) is 0 Å². The first-order valence-electron chi connectivity index (χ1n) is 16.2. The lowest BCUT2D eigenvalue weighted by atomic mass is 9.93. The molecule has 6 aromatic carbocycles. The number of aryl methyl sites for hydroxylation is 4. The number of rotatable bonds is 3. The van der Waals surface area contributed by atoms with Gasteiger partial charge in [0.2, 0.25) is 0 Å². The summed E-state index contributed by atoms with van der Waals surface area (Å²) in [6, 6.07) is 29.8. The number of nitrogens with zero attached hydrogens (tertiary/aromatic N) is 2. The first-order valence-corrected chi connectivity index (χ1v) is 16.2.